The number of benzene rings is 24. The lowest BCUT2D eigenvalue weighted by Gasteiger charge is -2.14. The first-order chi connectivity index (χ1) is 74.4. The molecule has 12 heteroatoms. The van der Waals surface area contributed by atoms with Gasteiger partial charge in [0.05, 0.1) is 66.7 Å². The van der Waals surface area contributed by atoms with E-state index < -0.39 is 0 Å². The van der Waals surface area contributed by atoms with Gasteiger partial charge in [-0.25, -0.2) is 29.9 Å². The summed E-state index contributed by atoms with van der Waals surface area (Å²) < 4.78 is 22.4. The third-order valence-corrected chi connectivity index (χ3v) is 31.8. The molecule has 24 aromatic carbocycles. The SMILES string of the molecule is c1ccc(-c2nc(-n3c4ccc5ccccc5c4c4c5ccccc5c(-c5ccc6c(c5)oc5ccccc56)cc43)nc3ccccc23)cc1.c1ccc(-c2nc(-n3c4ccc5ccccc5c4c4c5ccccc5c(-c5cccc6c5oc5ccccc56)cc43)nc3ccccc23)cc1.c1ccc(-c2nc(-n3c4ccc5ccccc5c4c4c5ccccc5c(-c5cccc6c5sc5ccccc56)cc43)nc3ccccc23)cc1. The molecule has 0 aliphatic carbocycles. The average molecular weight is 1930 g/mol. The Morgan fingerprint density at radius 2 is 0.493 bits per heavy atom. The van der Waals surface area contributed by atoms with E-state index in [2.05, 4.69) is 457 Å². The van der Waals surface area contributed by atoms with Crippen molar-refractivity contribution in [1.82, 2.24) is 43.6 Å². The molecule has 9 aromatic heterocycles. The van der Waals surface area contributed by atoms with E-state index in [0.29, 0.717) is 17.8 Å². The van der Waals surface area contributed by atoms with Crippen molar-refractivity contribution in [3.8, 4) is 85.0 Å². The quantitative estimate of drug-likeness (QED) is 0.140. The van der Waals surface area contributed by atoms with Crippen molar-refractivity contribution in [2.75, 3.05) is 0 Å². The van der Waals surface area contributed by atoms with Gasteiger partial charge < -0.3 is 8.83 Å². The van der Waals surface area contributed by atoms with Gasteiger partial charge in [-0.15, -0.1) is 11.3 Å². The molecule has 0 spiro atoms. The molecule has 0 atom stereocenters. The van der Waals surface area contributed by atoms with Crippen LogP contribution in [-0.4, -0.2) is 43.6 Å². The Balaban J connectivity index is 0.000000101. The van der Waals surface area contributed by atoms with E-state index in [1.54, 1.807) is 0 Å². The van der Waals surface area contributed by atoms with Crippen LogP contribution < -0.4 is 0 Å². The van der Waals surface area contributed by atoms with Gasteiger partial charge in [-0.2, -0.15) is 0 Å². The zero-order valence-corrected chi connectivity index (χ0v) is 81.3. The number of hydrogen-bond donors (Lipinski definition) is 0. The first-order valence-corrected chi connectivity index (χ1v) is 51.6. The van der Waals surface area contributed by atoms with Crippen molar-refractivity contribution < 1.29 is 8.83 Å². The van der Waals surface area contributed by atoms with Gasteiger partial charge in [0.25, 0.3) is 0 Å². The predicted molar refractivity (Wildman–Crippen MR) is 627 cm³/mol. The Morgan fingerprint density at radius 3 is 0.947 bits per heavy atom. The van der Waals surface area contributed by atoms with Gasteiger partial charge in [0.15, 0.2) is 0 Å². The fourth-order valence-electron chi connectivity index (χ4n) is 24.0. The van der Waals surface area contributed by atoms with Crippen LogP contribution in [0.1, 0.15) is 0 Å². The fraction of sp³-hybridized carbons (Fsp3) is 0. The fourth-order valence-corrected chi connectivity index (χ4v) is 25.2. The van der Waals surface area contributed by atoms with E-state index in [4.69, 9.17) is 38.7 Å². The maximum absolute atomic E-state index is 6.61. The third-order valence-electron chi connectivity index (χ3n) is 30.6. The monoisotopic (exact) mass is 1930 g/mol. The molecule has 0 aliphatic heterocycles. The molecule has 0 saturated heterocycles. The van der Waals surface area contributed by atoms with Crippen molar-refractivity contribution >= 4 is 238 Å². The highest BCUT2D eigenvalue weighted by atomic mass is 32.1. The minimum absolute atomic E-state index is 0.640. The average Bonchev–Trinajstić information content (AvgIpc) is 1.55. The van der Waals surface area contributed by atoms with Crippen LogP contribution in [0, 0.1) is 0 Å². The van der Waals surface area contributed by atoms with Crippen LogP contribution in [0.2, 0.25) is 0 Å². The van der Waals surface area contributed by atoms with Gasteiger partial charge in [0.2, 0.25) is 17.8 Å². The molecule has 696 valence electrons. The third kappa shape index (κ3) is 13.2. The summed E-state index contributed by atoms with van der Waals surface area (Å²) in [6.45, 7) is 0. The standard InChI is InChI=1S/2C46H27N3O.C46H27N3S/c1-2-14-29(15-3-1)44-36-20-8-10-23-38(36)47-46(48-44)49-39-26-25-28-13-4-5-16-30(28)42(39)43-33-19-7-6-17-31(33)37(27-40(43)49)35-22-12-21-34-32-18-9-11-24-41(32)50-45(34)35;1-2-13-29(14-3-1)45-36-19-8-10-20-38(36)47-46(48-45)49-39-25-23-28-12-4-5-15-31(28)43(39)44-35-18-7-6-16-32(35)37(27-40(44)49)30-22-24-34-33-17-9-11-21-41(33)50-42(34)26-30;1-2-14-29(15-3-1)44-36-20-8-10-23-38(36)47-46(48-44)49-39-26-25-28-13-4-5-16-30(28)42(39)43-33-19-7-6-17-31(33)37(27-40(43)49)35-22-12-21-34-32-18-9-11-24-41(32)50-45(34)35/h3*1-27H. The van der Waals surface area contributed by atoms with Gasteiger partial charge in [-0.1, -0.05) is 406 Å². The number of nitrogens with zero attached hydrogens (tertiary/aromatic N) is 9. The second-order valence-corrected chi connectivity index (χ2v) is 39.8. The topological polar surface area (TPSA) is 118 Å². The first kappa shape index (κ1) is 84.6. The van der Waals surface area contributed by atoms with E-state index in [9.17, 15) is 0 Å². The van der Waals surface area contributed by atoms with Gasteiger partial charge in [-0.3, -0.25) is 13.7 Å². The van der Waals surface area contributed by atoms with Crippen LogP contribution in [0.15, 0.2) is 500 Å². The van der Waals surface area contributed by atoms with E-state index in [1.807, 2.05) is 59.9 Å². The van der Waals surface area contributed by atoms with Crippen molar-refractivity contribution in [1.29, 1.82) is 0 Å². The number of hydrogen-bond acceptors (Lipinski definition) is 9. The minimum Gasteiger partial charge on any atom is -0.456 e. The molecule has 0 amide bonds. The van der Waals surface area contributed by atoms with Crippen LogP contribution in [-0.2, 0) is 0 Å². The Morgan fingerprint density at radius 1 is 0.173 bits per heavy atom. The smallest absolute Gasteiger partial charge is 0.235 e. The zero-order valence-electron chi connectivity index (χ0n) is 80.5. The van der Waals surface area contributed by atoms with Crippen LogP contribution >= 0.6 is 11.3 Å². The Hall–Kier alpha value is -19.9. The molecule has 11 nitrogen and oxygen atoms in total. The lowest BCUT2D eigenvalue weighted by molar-refractivity contribution is 0.669. The van der Waals surface area contributed by atoms with Gasteiger partial charge in [0, 0.05) is 118 Å². The lowest BCUT2D eigenvalue weighted by Crippen LogP contribution is -2.03. The molecule has 0 bridgehead atoms. The summed E-state index contributed by atoms with van der Waals surface area (Å²) in [4.78, 5) is 32.0. The Kier molecular flexibility index (Phi) is 19.1. The highest BCUT2D eigenvalue weighted by Gasteiger charge is 2.30. The summed E-state index contributed by atoms with van der Waals surface area (Å²) >= 11 is 1.87. The summed E-state index contributed by atoms with van der Waals surface area (Å²) in [5.41, 5.74) is 25.5. The molecule has 0 radical (unpaired) electrons. The summed E-state index contributed by atoms with van der Waals surface area (Å²) in [5, 5.41) is 31.8. The predicted octanol–water partition coefficient (Wildman–Crippen LogP) is 37.3. The number of para-hydroxylation sites is 6. The maximum atomic E-state index is 6.61. The second-order valence-electron chi connectivity index (χ2n) is 38.8. The van der Waals surface area contributed by atoms with E-state index in [0.717, 1.165) is 166 Å². The first-order valence-electron chi connectivity index (χ1n) is 50.8. The van der Waals surface area contributed by atoms with Gasteiger partial charge in [-0.05, 0) is 172 Å². The van der Waals surface area contributed by atoms with E-state index >= 15 is 0 Å². The largest absolute Gasteiger partial charge is 0.456 e. The maximum Gasteiger partial charge on any atom is 0.235 e. The lowest BCUT2D eigenvalue weighted by atomic mass is 9.93. The van der Waals surface area contributed by atoms with Crippen LogP contribution in [0.4, 0.5) is 0 Å². The van der Waals surface area contributed by atoms with Crippen LogP contribution in [0.5, 0.6) is 0 Å². The molecule has 9 heterocycles. The van der Waals surface area contributed by atoms with Crippen molar-refractivity contribution in [2.45, 2.75) is 0 Å². The van der Waals surface area contributed by atoms with E-state index in [-0.39, 0.29) is 0 Å². The highest BCUT2D eigenvalue weighted by molar-refractivity contribution is 7.26. The Bertz CT molecular complexity index is 11100. The molecule has 33 rings (SSSR count). The molecule has 0 unspecified atom stereocenters. The molecule has 0 aliphatic rings. The normalized spacial score (nSPS) is 12.0. The van der Waals surface area contributed by atoms with Gasteiger partial charge in [0.1, 0.15) is 22.3 Å². The van der Waals surface area contributed by atoms with Gasteiger partial charge >= 0.3 is 0 Å². The summed E-state index contributed by atoms with van der Waals surface area (Å²) in [5.74, 6) is 1.95. The number of furan rings is 2. The number of fused-ring (bicyclic) bond motifs is 33. The van der Waals surface area contributed by atoms with Crippen molar-refractivity contribution in [3.63, 3.8) is 0 Å². The molecule has 0 fully saturated rings. The molecule has 0 saturated carbocycles. The molecule has 33 aromatic rings. The number of aromatic nitrogens is 9. The van der Waals surface area contributed by atoms with Crippen LogP contribution in [0.25, 0.3) is 312 Å². The van der Waals surface area contributed by atoms with E-state index in [1.165, 1.54) is 128 Å². The molecule has 0 N–H and O–H groups in total. The molecular formula is C138H81N9O2S. The zero-order chi connectivity index (χ0) is 98.3. The highest BCUT2D eigenvalue weighted by Crippen LogP contribution is 2.53. The second kappa shape index (κ2) is 33.9. The van der Waals surface area contributed by atoms with Crippen molar-refractivity contribution in [2.24, 2.45) is 0 Å². The summed E-state index contributed by atoms with van der Waals surface area (Å²) in [6.07, 6.45) is 0. The van der Waals surface area contributed by atoms with Crippen molar-refractivity contribution in [3.05, 3.63) is 491 Å². The Labute approximate surface area is 860 Å². The number of thiophene rings is 1. The molecule has 150 heavy (non-hydrogen) atoms. The molecular weight excluding hydrogens is 1850 g/mol. The number of rotatable bonds is 9. The van der Waals surface area contributed by atoms with Crippen LogP contribution in [0.3, 0.4) is 0 Å². The summed E-state index contributed by atoms with van der Waals surface area (Å²) in [7, 11) is 0. The summed E-state index contributed by atoms with van der Waals surface area (Å²) in [6, 6.07) is 174. The minimum atomic E-state index is 0.640.